The van der Waals surface area contributed by atoms with E-state index in [1.807, 2.05) is 5.43 Å². The number of halogens is 1. The molecule has 17 heavy (non-hydrogen) atoms. The average molecular weight is 258 g/mol. The number of rotatable bonds is 2. The lowest BCUT2D eigenvalue weighted by Gasteiger charge is -2.06. The van der Waals surface area contributed by atoms with E-state index >= 15 is 0 Å². The molecule has 0 atom stereocenters. The van der Waals surface area contributed by atoms with Gasteiger partial charge in [0.2, 0.25) is 0 Å². The molecule has 1 aromatic carbocycles. The van der Waals surface area contributed by atoms with Gasteiger partial charge in [-0.2, -0.15) is 0 Å². The number of carbonyl (C=O) groups excluding carboxylic acids is 1. The van der Waals surface area contributed by atoms with E-state index in [9.17, 15) is 19.3 Å². The zero-order valence-corrected chi connectivity index (χ0v) is 9.08. The lowest BCUT2D eigenvalue weighted by Crippen LogP contribution is -2.44. The van der Waals surface area contributed by atoms with Crippen molar-refractivity contribution in [3.8, 4) is 0 Å². The maximum atomic E-state index is 13.3. The number of benzene rings is 1. The van der Waals surface area contributed by atoms with Gasteiger partial charge in [-0.05, 0) is 18.3 Å². The molecule has 0 heterocycles. The van der Waals surface area contributed by atoms with Gasteiger partial charge in [0.15, 0.2) is 5.11 Å². The van der Waals surface area contributed by atoms with Crippen molar-refractivity contribution in [3.05, 3.63) is 39.7 Å². The van der Waals surface area contributed by atoms with Crippen molar-refractivity contribution < 1.29 is 14.1 Å². The van der Waals surface area contributed by atoms with Gasteiger partial charge in [-0.25, -0.2) is 4.39 Å². The van der Waals surface area contributed by atoms with Gasteiger partial charge in [0.05, 0.1) is 16.6 Å². The summed E-state index contributed by atoms with van der Waals surface area (Å²) in [5.41, 5.74) is 8.38. The summed E-state index contributed by atoms with van der Waals surface area (Å²) in [4.78, 5) is 20.9. The molecule has 9 heteroatoms. The first-order valence-electron chi connectivity index (χ1n) is 4.21. The predicted octanol–water partition coefficient (Wildman–Crippen LogP) is 0.212. The lowest BCUT2D eigenvalue weighted by molar-refractivity contribution is -0.385. The number of hydrogen-bond donors (Lipinski definition) is 3. The fourth-order valence-corrected chi connectivity index (χ4v) is 1.04. The van der Waals surface area contributed by atoms with E-state index in [-0.39, 0.29) is 10.7 Å². The van der Waals surface area contributed by atoms with E-state index < -0.39 is 22.3 Å². The van der Waals surface area contributed by atoms with Crippen LogP contribution in [0.15, 0.2) is 18.2 Å². The second-order valence-electron chi connectivity index (χ2n) is 2.86. The fourth-order valence-electron chi connectivity index (χ4n) is 0.987. The van der Waals surface area contributed by atoms with E-state index in [2.05, 4.69) is 17.6 Å². The normalized spacial score (nSPS) is 9.47. The predicted molar refractivity (Wildman–Crippen MR) is 60.4 cm³/mol. The SMILES string of the molecule is NC(=S)NNC(=O)c1ccc([N+](=O)[O-])cc1F. The number of hydrogen-bond acceptors (Lipinski definition) is 4. The van der Waals surface area contributed by atoms with Crippen molar-refractivity contribution in [3.63, 3.8) is 0 Å². The Labute approximate surface area is 99.9 Å². The third-order valence-electron chi connectivity index (χ3n) is 1.71. The molecule has 0 saturated carbocycles. The quantitative estimate of drug-likeness (QED) is 0.397. The number of hydrazine groups is 1. The van der Waals surface area contributed by atoms with Crippen LogP contribution in [-0.2, 0) is 0 Å². The second kappa shape index (κ2) is 5.16. The van der Waals surface area contributed by atoms with E-state index in [0.29, 0.717) is 6.07 Å². The third kappa shape index (κ3) is 3.34. The largest absolute Gasteiger partial charge is 0.375 e. The monoisotopic (exact) mass is 258 g/mol. The molecular formula is C8H7FN4O3S. The van der Waals surface area contributed by atoms with E-state index in [1.54, 1.807) is 0 Å². The van der Waals surface area contributed by atoms with Gasteiger partial charge in [0.1, 0.15) is 5.82 Å². The van der Waals surface area contributed by atoms with E-state index in [4.69, 9.17) is 5.73 Å². The third-order valence-corrected chi connectivity index (χ3v) is 1.81. The smallest absolute Gasteiger partial charge is 0.272 e. The van der Waals surface area contributed by atoms with Crippen LogP contribution in [-0.4, -0.2) is 15.9 Å². The standard InChI is InChI=1S/C8H7FN4O3S/c9-6-3-4(13(15)16)1-2-5(6)7(14)11-12-8(10)17/h1-3H,(H,11,14)(H3,10,12,17). The maximum absolute atomic E-state index is 13.3. The molecule has 1 aromatic rings. The number of nitrogens with one attached hydrogen (secondary N) is 2. The number of amides is 1. The first-order valence-corrected chi connectivity index (χ1v) is 4.62. The number of nitrogens with zero attached hydrogens (tertiary/aromatic N) is 1. The van der Waals surface area contributed by atoms with Crippen LogP contribution < -0.4 is 16.6 Å². The highest BCUT2D eigenvalue weighted by Gasteiger charge is 2.15. The summed E-state index contributed by atoms with van der Waals surface area (Å²) in [6, 6.07) is 2.65. The van der Waals surface area contributed by atoms with Crippen molar-refractivity contribution in [1.82, 2.24) is 10.9 Å². The molecule has 4 N–H and O–H groups in total. The van der Waals surface area contributed by atoms with Crippen LogP contribution in [0.4, 0.5) is 10.1 Å². The number of nitro benzene ring substituents is 1. The van der Waals surface area contributed by atoms with Gasteiger partial charge in [-0.1, -0.05) is 0 Å². The zero-order chi connectivity index (χ0) is 13.0. The molecule has 0 spiro atoms. The summed E-state index contributed by atoms with van der Waals surface area (Å²) in [6.07, 6.45) is 0. The Kier molecular flexibility index (Phi) is 3.88. The second-order valence-corrected chi connectivity index (χ2v) is 3.30. The fraction of sp³-hybridized carbons (Fsp3) is 0. The number of nitro groups is 1. The van der Waals surface area contributed by atoms with Crippen LogP contribution >= 0.6 is 12.2 Å². The van der Waals surface area contributed by atoms with Crippen molar-refractivity contribution in [1.29, 1.82) is 0 Å². The number of thiocarbonyl (C=S) groups is 1. The first kappa shape index (κ1) is 12.8. The molecule has 0 aliphatic heterocycles. The molecule has 0 radical (unpaired) electrons. The molecule has 0 saturated heterocycles. The van der Waals surface area contributed by atoms with Crippen LogP contribution in [0.3, 0.4) is 0 Å². The highest BCUT2D eigenvalue weighted by Crippen LogP contribution is 2.16. The maximum Gasteiger partial charge on any atom is 0.272 e. The molecule has 90 valence electrons. The minimum absolute atomic E-state index is 0.194. The van der Waals surface area contributed by atoms with Crippen LogP contribution in [0, 0.1) is 15.9 Å². The van der Waals surface area contributed by atoms with Crippen LogP contribution in [0.5, 0.6) is 0 Å². The van der Waals surface area contributed by atoms with Gasteiger partial charge in [-0.3, -0.25) is 25.8 Å². The van der Waals surface area contributed by atoms with Crippen LogP contribution in [0.25, 0.3) is 0 Å². The van der Waals surface area contributed by atoms with Gasteiger partial charge in [-0.15, -0.1) is 0 Å². The lowest BCUT2D eigenvalue weighted by atomic mass is 10.2. The van der Waals surface area contributed by atoms with Gasteiger partial charge in [0, 0.05) is 6.07 Å². The molecule has 0 unspecified atom stereocenters. The van der Waals surface area contributed by atoms with E-state index in [0.717, 1.165) is 12.1 Å². The van der Waals surface area contributed by atoms with Crippen molar-refractivity contribution in [2.75, 3.05) is 0 Å². The summed E-state index contributed by atoms with van der Waals surface area (Å²) < 4.78 is 13.3. The summed E-state index contributed by atoms with van der Waals surface area (Å²) in [7, 11) is 0. The Balaban J connectivity index is 2.88. The summed E-state index contributed by atoms with van der Waals surface area (Å²) in [5, 5.41) is 10.1. The Morgan fingerprint density at radius 2 is 2.12 bits per heavy atom. The molecule has 7 nitrogen and oxygen atoms in total. The highest BCUT2D eigenvalue weighted by molar-refractivity contribution is 7.80. The van der Waals surface area contributed by atoms with Crippen molar-refractivity contribution in [2.45, 2.75) is 0 Å². The van der Waals surface area contributed by atoms with Gasteiger partial charge < -0.3 is 5.73 Å². The minimum atomic E-state index is -1.01. The van der Waals surface area contributed by atoms with Crippen LogP contribution in [0.1, 0.15) is 10.4 Å². The van der Waals surface area contributed by atoms with Gasteiger partial charge in [0.25, 0.3) is 11.6 Å². The van der Waals surface area contributed by atoms with Gasteiger partial charge >= 0.3 is 0 Å². The van der Waals surface area contributed by atoms with Crippen molar-refractivity contribution >= 4 is 28.9 Å². The Morgan fingerprint density at radius 3 is 2.59 bits per heavy atom. The molecule has 0 aliphatic rings. The molecule has 0 fully saturated rings. The molecule has 1 amide bonds. The Morgan fingerprint density at radius 1 is 1.47 bits per heavy atom. The zero-order valence-electron chi connectivity index (χ0n) is 8.27. The highest BCUT2D eigenvalue weighted by atomic mass is 32.1. The summed E-state index contributed by atoms with van der Waals surface area (Å²) >= 11 is 4.42. The molecular weight excluding hydrogens is 251 g/mol. The molecule has 0 bridgehead atoms. The Hall–Kier alpha value is -2.29. The topological polar surface area (TPSA) is 110 Å². The van der Waals surface area contributed by atoms with E-state index in [1.165, 1.54) is 0 Å². The molecule has 0 aliphatic carbocycles. The Bertz CT molecular complexity index is 494. The number of non-ortho nitro benzene ring substituents is 1. The molecule has 0 aromatic heterocycles. The number of carbonyl (C=O) groups is 1. The summed E-state index contributed by atoms with van der Waals surface area (Å²) in [6.45, 7) is 0. The van der Waals surface area contributed by atoms with Crippen LogP contribution in [0.2, 0.25) is 0 Å². The average Bonchev–Trinajstić information content (AvgIpc) is 2.25. The number of nitrogens with two attached hydrogens (primary N) is 1. The molecule has 1 rings (SSSR count). The van der Waals surface area contributed by atoms with Crippen molar-refractivity contribution in [2.24, 2.45) is 5.73 Å². The first-order chi connectivity index (χ1) is 7.91. The minimum Gasteiger partial charge on any atom is -0.375 e. The summed E-state index contributed by atoms with van der Waals surface area (Å²) in [5.74, 6) is -1.85.